The predicted molar refractivity (Wildman–Crippen MR) is 74.2 cm³/mol. The zero-order chi connectivity index (χ0) is 13.4. The van der Waals surface area contributed by atoms with Crippen LogP contribution in [0.2, 0.25) is 0 Å². The zero-order valence-corrected chi connectivity index (χ0v) is 12.0. The van der Waals surface area contributed by atoms with E-state index >= 15 is 0 Å². The van der Waals surface area contributed by atoms with Crippen LogP contribution < -0.4 is 4.72 Å². The van der Waals surface area contributed by atoms with Gasteiger partial charge < -0.3 is 0 Å². The summed E-state index contributed by atoms with van der Waals surface area (Å²) in [5, 5.41) is 0. The van der Waals surface area contributed by atoms with Crippen LogP contribution in [0.3, 0.4) is 0 Å². The Kier molecular flexibility index (Phi) is 6.60. The quantitative estimate of drug-likeness (QED) is 0.743. The first-order valence-corrected chi connectivity index (χ1v) is 8.15. The van der Waals surface area contributed by atoms with Crippen LogP contribution in [0.1, 0.15) is 19.0 Å². The lowest BCUT2D eigenvalue weighted by Gasteiger charge is -2.11. The Morgan fingerprint density at radius 3 is 2.83 bits per heavy atom. The summed E-state index contributed by atoms with van der Waals surface area (Å²) in [6, 6.07) is 5.49. The molecule has 0 aliphatic rings. The maximum atomic E-state index is 11.7. The van der Waals surface area contributed by atoms with E-state index in [4.69, 9.17) is 11.6 Å². The number of nitrogens with zero attached hydrogens (tertiary/aromatic N) is 1. The van der Waals surface area contributed by atoms with E-state index in [1.54, 1.807) is 6.20 Å². The second kappa shape index (κ2) is 7.71. The van der Waals surface area contributed by atoms with E-state index in [9.17, 15) is 8.42 Å². The summed E-state index contributed by atoms with van der Waals surface area (Å²) in [6.07, 6.45) is 2.91. The smallest absolute Gasteiger partial charge is 0.211 e. The molecule has 1 atom stereocenters. The fraction of sp³-hybridized carbons (Fsp3) is 0.583. The number of sulfonamides is 1. The lowest BCUT2D eigenvalue weighted by molar-refractivity contribution is 0.530. The number of aromatic nitrogens is 1. The molecule has 1 rings (SSSR count). The van der Waals surface area contributed by atoms with Gasteiger partial charge in [-0.1, -0.05) is 13.0 Å². The highest BCUT2D eigenvalue weighted by molar-refractivity contribution is 7.89. The number of nitrogens with one attached hydrogen (secondary N) is 1. The number of aryl methyl sites for hydroxylation is 1. The monoisotopic (exact) mass is 290 g/mol. The van der Waals surface area contributed by atoms with Crippen LogP contribution in [0.25, 0.3) is 0 Å². The lowest BCUT2D eigenvalue weighted by atomic mass is 10.1. The minimum atomic E-state index is -3.23. The molecule has 1 aromatic heterocycles. The minimum Gasteiger partial charge on any atom is -0.261 e. The van der Waals surface area contributed by atoms with Crippen molar-refractivity contribution < 1.29 is 8.42 Å². The first kappa shape index (κ1) is 15.4. The molecule has 0 saturated carbocycles. The van der Waals surface area contributed by atoms with Gasteiger partial charge >= 0.3 is 0 Å². The molecule has 0 aliphatic carbocycles. The van der Waals surface area contributed by atoms with Crippen LogP contribution in [0.4, 0.5) is 0 Å². The van der Waals surface area contributed by atoms with Crippen molar-refractivity contribution in [3.05, 3.63) is 30.1 Å². The Morgan fingerprint density at radius 1 is 1.44 bits per heavy atom. The molecule has 1 aromatic rings. The average Bonchev–Trinajstić information content (AvgIpc) is 2.36. The average molecular weight is 291 g/mol. The van der Waals surface area contributed by atoms with Crippen molar-refractivity contribution in [2.45, 2.75) is 19.8 Å². The Hall–Kier alpha value is -0.650. The first-order valence-electron chi connectivity index (χ1n) is 5.96. The number of rotatable bonds is 8. The summed E-state index contributed by atoms with van der Waals surface area (Å²) < 4.78 is 26.1. The van der Waals surface area contributed by atoms with Crippen LogP contribution in [-0.2, 0) is 16.4 Å². The first-order chi connectivity index (χ1) is 8.53. The molecule has 0 bridgehead atoms. The van der Waals surface area contributed by atoms with Crippen molar-refractivity contribution in [3.8, 4) is 0 Å². The largest absolute Gasteiger partial charge is 0.261 e. The summed E-state index contributed by atoms with van der Waals surface area (Å²) in [5.74, 6) is 0.876. The van der Waals surface area contributed by atoms with Gasteiger partial charge in [-0.25, -0.2) is 13.1 Å². The number of hydrogen-bond acceptors (Lipinski definition) is 3. The zero-order valence-electron chi connectivity index (χ0n) is 10.5. The third-order valence-electron chi connectivity index (χ3n) is 2.61. The van der Waals surface area contributed by atoms with E-state index < -0.39 is 10.0 Å². The minimum absolute atomic E-state index is 0.0671. The van der Waals surface area contributed by atoms with Crippen molar-refractivity contribution in [1.82, 2.24) is 9.71 Å². The molecular weight excluding hydrogens is 272 g/mol. The number of halogens is 1. The molecule has 0 spiro atoms. The second-order valence-electron chi connectivity index (χ2n) is 4.32. The van der Waals surface area contributed by atoms with Gasteiger partial charge in [0.05, 0.1) is 5.75 Å². The molecule has 1 N–H and O–H groups in total. The van der Waals surface area contributed by atoms with Crippen LogP contribution >= 0.6 is 11.6 Å². The van der Waals surface area contributed by atoms with Crippen molar-refractivity contribution in [1.29, 1.82) is 0 Å². The molecule has 0 saturated heterocycles. The van der Waals surface area contributed by atoms with Gasteiger partial charge in [0.25, 0.3) is 0 Å². The third-order valence-corrected chi connectivity index (χ3v) is 4.17. The van der Waals surface area contributed by atoms with E-state index in [2.05, 4.69) is 9.71 Å². The van der Waals surface area contributed by atoms with Crippen LogP contribution in [0, 0.1) is 5.92 Å². The van der Waals surface area contributed by atoms with Crippen molar-refractivity contribution in [3.63, 3.8) is 0 Å². The maximum Gasteiger partial charge on any atom is 0.211 e. The summed E-state index contributed by atoms with van der Waals surface area (Å²) in [5.41, 5.74) is 0.789. The molecule has 102 valence electrons. The number of hydrogen-bond donors (Lipinski definition) is 1. The molecule has 0 radical (unpaired) electrons. The topological polar surface area (TPSA) is 59.1 Å². The standard InChI is InChI=1S/C12H19ClN2O2S/c1-11(5-7-13)10-15-18(16,17)9-6-12-4-2-3-8-14-12/h2-4,8,11,15H,5-7,9-10H2,1H3. The van der Waals surface area contributed by atoms with Gasteiger partial charge in [-0.3, -0.25) is 4.98 Å². The van der Waals surface area contributed by atoms with Gasteiger partial charge in [0.1, 0.15) is 0 Å². The molecule has 18 heavy (non-hydrogen) atoms. The van der Waals surface area contributed by atoms with Crippen LogP contribution in [0.15, 0.2) is 24.4 Å². The summed E-state index contributed by atoms with van der Waals surface area (Å²) in [7, 11) is -3.23. The molecule has 0 amide bonds. The van der Waals surface area contributed by atoms with E-state index in [-0.39, 0.29) is 11.7 Å². The highest BCUT2D eigenvalue weighted by Gasteiger charge is 2.12. The summed E-state index contributed by atoms with van der Waals surface area (Å²) in [4.78, 5) is 4.10. The Bertz CT molecular complexity index is 437. The van der Waals surface area contributed by atoms with Gasteiger partial charge in [0.15, 0.2) is 0 Å². The normalized spacial score (nSPS) is 13.4. The SMILES string of the molecule is CC(CCCl)CNS(=O)(=O)CCc1ccccn1. The van der Waals surface area contributed by atoms with Gasteiger partial charge in [-0.05, 0) is 24.5 Å². The maximum absolute atomic E-state index is 11.7. The van der Waals surface area contributed by atoms with Crippen LogP contribution in [-0.4, -0.2) is 31.6 Å². The van der Waals surface area contributed by atoms with Crippen molar-refractivity contribution in [2.24, 2.45) is 5.92 Å². The highest BCUT2D eigenvalue weighted by Crippen LogP contribution is 2.03. The molecule has 1 unspecified atom stereocenters. The van der Waals surface area contributed by atoms with Gasteiger partial charge in [-0.15, -0.1) is 11.6 Å². The van der Waals surface area contributed by atoms with E-state index in [1.807, 2.05) is 25.1 Å². The molecule has 0 aromatic carbocycles. The van der Waals surface area contributed by atoms with Crippen molar-refractivity contribution in [2.75, 3.05) is 18.2 Å². The Morgan fingerprint density at radius 2 is 2.22 bits per heavy atom. The third kappa shape index (κ3) is 6.33. The molecule has 4 nitrogen and oxygen atoms in total. The van der Waals surface area contributed by atoms with E-state index in [0.29, 0.717) is 18.8 Å². The molecule has 0 fully saturated rings. The lowest BCUT2D eigenvalue weighted by Crippen LogP contribution is -2.31. The molecule has 6 heteroatoms. The van der Waals surface area contributed by atoms with E-state index in [1.165, 1.54) is 0 Å². The van der Waals surface area contributed by atoms with Crippen molar-refractivity contribution >= 4 is 21.6 Å². The second-order valence-corrected chi connectivity index (χ2v) is 6.63. The van der Waals surface area contributed by atoms with Gasteiger partial charge in [0, 0.05) is 30.7 Å². The van der Waals surface area contributed by atoms with Gasteiger partial charge in [-0.2, -0.15) is 0 Å². The molecule has 1 heterocycles. The fourth-order valence-electron chi connectivity index (χ4n) is 1.41. The van der Waals surface area contributed by atoms with E-state index in [0.717, 1.165) is 12.1 Å². The highest BCUT2D eigenvalue weighted by atomic mass is 35.5. The Labute approximate surface area is 114 Å². The fourth-order valence-corrected chi connectivity index (χ4v) is 2.95. The Balaban J connectivity index is 2.36. The predicted octanol–water partition coefficient (Wildman–Crippen LogP) is 1.81. The number of alkyl halides is 1. The molecular formula is C12H19ClN2O2S. The van der Waals surface area contributed by atoms with Gasteiger partial charge in [0.2, 0.25) is 10.0 Å². The van der Waals surface area contributed by atoms with Crippen LogP contribution in [0.5, 0.6) is 0 Å². The number of pyridine rings is 1. The molecule has 0 aliphatic heterocycles. The summed E-state index contributed by atoms with van der Waals surface area (Å²) >= 11 is 5.60. The summed E-state index contributed by atoms with van der Waals surface area (Å²) in [6.45, 7) is 2.42.